The van der Waals surface area contributed by atoms with Gasteiger partial charge in [-0.25, -0.2) is 4.79 Å². The molecule has 2 N–H and O–H groups in total. The SMILES string of the molecule is CCNC(=NCCC1CC1)NC1CCN(C(=O)OCC)CC1. The first-order valence-corrected chi connectivity index (χ1v) is 8.69. The molecule has 1 amide bonds. The molecular formula is C16H30N4O2. The van der Waals surface area contributed by atoms with Gasteiger partial charge in [-0.3, -0.25) is 4.99 Å². The van der Waals surface area contributed by atoms with Gasteiger partial charge in [-0.1, -0.05) is 12.8 Å². The summed E-state index contributed by atoms with van der Waals surface area (Å²) in [6.07, 6.45) is 5.65. The first-order valence-electron chi connectivity index (χ1n) is 8.69. The van der Waals surface area contributed by atoms with Crippen LogP contribution in [0.15, 0.2) is 4.99 Å². The van der Waals surface area contributed by atoms with Crippen LogP contribution in [0.4, 0.5) is 4.79 Å². The maximum Gasteiger partial charge on any atom is 0.409 e. The summed E-state index contributed by atoms with van der Waals surface area (Å²) in [5.74, 6) is 1.83. The average molecular weight is 310 g/mol. The zero-order valence-electron chi connectivity index (χ0n) is 13.9. The molecule has 0 unspecified atom stereocenters. The number of likely N-dealkylation sites (tertiary alicyclic amines) is 1. The monoisotopic (exact) mass is 310 g/mol. The van der Waals surface area contributed by atoms with E-state index in [4.69, 9.17) is 4.74 Å². The molecule has 2 aliphatic rings. The second kappa shape index (κ2) is 8.86. The summed E-state index contributed by atoms with van der Waals surface area (Å²) >= 11 is 0. The van der Waals surface area contributed by atoms with Crippen molar-refractivity contribution in [2.24, 2.45) is 10.9 Å². The lowest BCUT2D eigenvalue weighted by Crippen LogP contribution is -2.49. The van der Waals surface area contributed by atoms with Gasteiger partial charge in [0.25, 0.3) is 0 Å². The van der Waals surface area contributed by atoms with Crippen LogP contribution in [0.2, 0.25) is 0 Å². The number of nitrogens with zero attached hydrogens (tertiary/aromatic N) is 2. The van der Waals surface area contributed by atoms with Crippen molar-refractivity contribution in [1.82, 2.24) is 15.5 Å². The minimum Gasteiger partial charge on any atom is -0.450 e. The van der Waals surface area contributed by atoms with Crippen molar-refractivity contribution >= 4 is 12.1 Å². The zero-order valence-corrected chi connectivity index (χ0v) is 13.9. The number of rotatable bonds is 6. The second-order valence-corrected chi connectivity index (χ2v) is 6.10. The summed E-state index contributed by atoms with van der Waals surface area (Å²) in [6.45, 7) is 7.64. The van der Waals surface area contributed by atoms with Gasteiger partial charge >= 0.3 is 6.09 Å². The molecule has 0 radical (unpaired) electrons. The molecule has 6 nitrogen and oxygen atoms in total. The average Bonchev–Trinajstić information content (AvgIpc) is 3.32. The predicted molar refractivity (Wildman–Crippen MR) is 88.1 cm³/mol. The third-order valence-electron chi connectivity index (χ3n) is 4.21. The molecule has 0 bridgehead atoms. The van der Waals surface area contributed by atoms with Crippen LogP contribution in [0.1, 0.15) is 46.0 Å². The highest BCUT2D eigenvalue weighted by Gasteiger charge is 2.24. The zero-order chi connectivity index (χ0) is 15.8. The molecule has 126 valence electrons. The number of hydrogen-bond acceptors (Lipinski definition) is 3. The Bertz CT molecular complexity index is 374. The van der Waals surface area contributed by atoms with E-state index in [2.05, 4.69) is 22.5 Å². The van der Waals surface area contributed by atoms with Crippen molar-refractivity contribution in [2.75, 3.05) is 32.8 Å². The normalized spacial score (nSPS) is 19.9. The van der Waals surface area contributed by atoms with E-state index in [1.807, 2.05) is 6.92 Å². The summed E-state index contributed by atoms with van der Waals surface area (Å²) in [5, 5.41) is 6.81. The molecule has 0 aromatic rings. The van der Waals surface area contributed by atoms with Gasteiger partial charge in [-0.15, -0.1) is 0 Å². The summed E-state index contributed by atoms with van der Waals surface area (Å²) in [4.78, 5) is 18.1. The minimum absolute atomic E-state index is 0.189. The van der Waals surface area contributed by atoms with Crippen LogP contribution in [0, 0.1) is 5.92 Å². The van der Waals surface area contributed by atoms with E-state index in [0.717, 1.165) is 50.9 Å². The highest BCUT2D eigenvalue weighted by atomic mass is 16.6. The molecule has 2 rings (SSSR count). The number of hydrogen-bond donors (Lipinski definition) is 2. The highest BCUT2D eigenvalue weighted by Crippen LogP contribution is 2.32. The number of carbonyl (C=O) groups is 1. The smallest absolute Gasteiger partial charge is 0.409 e. The summed E-state index contributed by atoms with van der Waals surface area (Å²) in [7, 11) is 0. The molecule has 0 spiro atoms. The second-order valence-electron chi connectivity index (χ2n) is 6.10. The van der Waals surface area contributed by atoms with Crippen LogP contribution in [-0.2, 0) is 4.74 Å². The van der Waals surface area contributed by atoms with Gasteiger partial charge in [0.1, 0.15) is 0 Å². The molecule has 1 saturated carbocycles. The van der Waals surface area contributed by atoms with Gasteiger partial charge in [0.05, 0.1) is 6.61 Å². The number of ether oxygens (including phenoxy) is 1. The Morgan fingerprint density at radius 2 is 1.95 bits per heavy atom. The minimum atomic E-state index is -0.189. The van der Waals surface area contributed by atoms with E-state index in [0.29, 0.717) is 12.6 Å². The Morgan fingerprint density at radius 1 is 1.23 bits per heavy atom. The Kier molecular flexibility index (Phi) is 6.80. The van der Waals surface area contributed by atoms with Gasteiger partial charge < -0.3 is 20.3 Å². The molecule has 1 aliphatic carbocycles. The number of amides is 1. The third kappa shape index (κ3) is 5.73. The first-order chi connectivity index (χ1) is 10.7. The Labute approximate surface area is 133 Å². The van der Waals surface area contributed by atoms with E-state index in [-0.39, 0.29) is 6.09 Å². The Balaban J connectivity index is 1.72. The highest BCUT2D eigenvalue weighted by molar-refractivity contribution is 5.80. The van der Waals surface area contributed by atoms with E-state index < -0.39 is 0 Å². The number of nitrogens with one attached hydrogen (secondary N) is 2. The standard InChI is InChI=1S/C16H30N4O2/c1-3-17-15(18-10-7-13-5-6-13)19-14-8-11-20(12-9-14)16(21)22-4-2/h13-14H,3-12H2,1-2H3,(H2,17,18,19). The van der Waals surface area contributed by atoms with Crippen molar-refractivity contribution in [3.05, 3.63) is 0 Å². The van der Waals surface area contributed by atoms with Crippen LogP contribution in [0.5, 0.6) is 0 Å². The topological polar surface area (TPSA) is 66.0 Å². The predicted octanol–water partition coefficient (Wildman–Crippen LogP) is 1.96. The molecule has 0 aromatic carbocycles. The quantitative estimate of drug-likeness (QED) is 0.581. The van der Waals surface area contributed by atoms with Crippen molar-refractivity contribution < 1.29 is 9.53 Å². The molecule has 1 saturated heterocycles. The van der Waals surface area contributed by atoms with Crippen LogP contribution in [0.3, 0.4) is 0 Å². The maximum atomic E-state index is 11.7. The van der Waals surface area contributed by atoms with Crippen LogP contribution in [-0.4, -0.2) is 55.8 Å². The number of guanidine groups is 1. The fraction of sp³-hybridized carbons (Fsp3) is 0.875. The molecule has 0 aromatic heterocycles. The molecule has 22 heavy (non-hydrogen) atoms. The fourth-order valence-corrected chi connectivity index (χ4v) is 2.70. The maximum absolute atomic E-state index is 11.7. The van der Waals surface area contributed by atoms with Gasteiger partial charge in [0.2, 0.25) is 0 Å². The Hall–Kier alpha value is -1.46. The number of aliphatic imine (C=N–C) groups is 1. The first kappa shape index (κ1) is 16.9. The van der Waals surface area contributed by atoms with E-state index in [9.17, 15) is 4.79 Å². The van der Waals surface area contributed by atoms with E-state index >= 15 is 0 Å². The lowest BCUT2D eigenvalue weighted by molar-refractivity contribution is 0.0963. The van der Waals surface area contributed by atoms with Crippen LogP contribution >= 0.6 is 0 Å². The van der Waals surface area contributed by atoms with Gasteiger partial charge in [0.15, 0.2) is 5.96 Å². The molecule has 2 fully saturated rings. The largest absolute Gasteiger partial charge is 0.450 e. The van der Waals surface area contributed by atoms with Crippen molar-refractivity contribution in [1.29, 1.82) is 0 Å². The summed E-state index contributed by atoms with van der Waals surface area (Å²) in [5.41, 5.74) is 0. The van der Waals surface area contributed by atoms with Crippen molar-refractivity contribution in [3.8, 4) is 0 Å². The molecule has 1 aliphatic heterocycles. The number of piperidine rings is 1. The molecule has 0 atom stereocenters. The van der Waals surface area contributed by atoms with Gasteiger partial charge in [-0.2, -0.15) is 0 Å². The van der Waals surface area contributed by atoms with Crippen LogP contribution in [0.25, 0.3) is 0 Å². The summed E-state index contributed by atoms with van der Waals surface area (Å²) in [6, 6.07) is 0.379. The Morgan fingerprint density at radius 3 is 2.55 bits per heavy atom. The summed E-state index contributed by atoms with van der Waals surface area (Å²) < 4.78 is 5.05. The molecule has 1 heterocycles. The lowest BCUT2D eigenvalue weighted by atomic mass is 10.1. The van der Waals surface area contributed by atoms with Gasteiger partial charge in [0, 0.05) is 32.2 Å². The van der Waals surface area contributed by atoms with Crippen molar-refractivity contribution in [3.63, 3.8) is 0 Å². The van der Waals surface area contributed by atoms with E-state index in [1.54, 1.807) is 4.90 Å². The van der Waals surface area contributed by atoms with E-state index in [1.165, 1.54) is 19.3 Å². The fourth-order valence-electron chi connectivity index (χ4n) is 2.70. The lowest BCUT2D eigenvalue weighted by Gasteiger charge is -2.32. The molecule has 6 heteroatoms. The van der Waals surface area contributed by atoms with Crippen LogP contribution < -0.4 is 10.6 Å². The third-order valence-corrected chi connectivity index (χ3v) is 4.21. The number of carbonyl (C=O) groups excluding carboxylic acids is 1. The molecular weight excluding hydrogens is 280 g/mol. The van der Waals surface area contributed by atoms with Crippen molar-refractivity contribution in [2.45, 2.75) is 52.0 Å². The van der Waals surface area contributed by atoms with Gasteiger partial charge in [-0.05, 0) is 39.0 Å².